The van der Waals surface area contributed by atoms with Crippen LogP contribution in [0.3, 0.4) is 0 Å². The summed E-state index contributed by atoms with van der Waals surface area (Å²) in [6, 6.07) is 2.90. The second-order valence-electron chi connectivity index (χ2n) is 4.99. The first-order chi connectivity index (χ1) is 9.80. The molecule has 0 aliphatic carbocycles. The van der Waals surface area contributed by atoms with Gasteiger partial charge in [0.1, 0.15) is 4.21 Å². The highest BCUT2D eigenvalue weighted by Crippen LogP contribution is 2.29. The van der Waals surface area contributed by atoms with Crippen LogP contribution >= 0.6 is 11.3 Å². The van der Waals surface area contributed by atoms with Crippen molar-refractivity contribution in [3.63, 3.8) is 0 Å². The monoisotopic (exact) mass is 349 g/mol. The van der Waals surface area contributed by atoms with E-state index < -0.39 is 25.9 Å². The van der Waals surface area contributed by atoms with Crippen LogP contribution in [-0.2, 0) is 26.3 Å². The summed E-state index contributed by atoms with van der Waals surface area (Å²) in [6.45, 7) is 5.68. The Morgan fingerprint density at radius 1 is 1.48 bits per heavy atom. The molecule has 2 heterocycles. The molecular formula is C13H19NO4S3. The SMILES string of the molecule is C=CCN([C@@H]1CCS(=O)(=O)C1)S(=O)(=O)c1ccc(CC)s1. The van der Waals surface area contributed by atoms with Crippen molar-refractivity contribution in [2.45, 2.75) is 30.0 Å². The summed E-state index contributed by atoms with van der Waals surface area (Å²) in [5.41, 5.74) is 0. The number of hydrogen-bond acceptors (Lipinski definition) is 5. The van der Waals surface area contributed by atoms with Crippen LogP contribution in [0.1, 0.15) is 18.2 Å². The molecule has 0 bridgehead atoms. The fraction of sp³-hybridized carbons (Fsp3) is 0.538. The maximum Gasteiger partial charge on any atom is 0.253 e. The van der Waals surface area contributed by atoms with Gasteiger partial charge < -0.3 is 0 Å². The third-order valence-electron chi connectivity index (χ3n) is 3.47. The molecule has 0 spiro atoms. The topological polar surface area (TPSA) is 71.5 Å². The van der Waals surface area contributed by atoms with Crippen LogP contribution in [0.2, 0.25) is 0 Å². The van der Waals surface area contributed by atoms with Gasteiger partial charge in [-0.2, -0.15) is 4.31 Å². The normalized spacial score (nSPS) is 21.7. The van der Waals surface area contributed by atoms with Gasteiger partial charge in [0, 0.05) is 17.5 Å². The number of hydrogen-bond donors (Lipinski definition) is 0. The molecule has 1 aromatic rings. The van der Waals surface area contributed by atoms with E-state index in [0.717, 1.165) is 11.3 Å². The fourth-order valence-corrected chi connectivity index (χ4v) is 7.25. The van der Waals surface area contributed by atoms with Gasteiger partial charge in [0.2, 0.25) is 0 Å². The first kappa shape index (κ1) is 16.7. The zero-order valence-corrected chi connectivity index (χ0v) is 14.3. The highest BCUT2D eigenvalue weighted by molar-refractivity contribution is 7.92. The van der Waals surface area contributed by atoms with Crippen LogP contribution in [0.25, 0.3) is 0 Å². The summed E-state index contributed by atoms with van der Waals surface area (Å²) in [5.74, 6) is -0.0580. The lowest BCUT2D eigenvalue weighted by atomic mass is 10.2. The average Bonchev–Trinajstić information content (AvgIpc) is 3.02. The predicted octanol–water partition coefficient (Wildman–Crippen LogP) is 1.67. The first-order valence-corrected chi connectivity index (χ1v) is 10.8. The van der Waals surface area contributed by atoms with Gasteiger partial charge in [0.25, 0.3) is 10.0 Å². The molecule has 21 heavy (non-hydrogen) atoms. The molecule has 0 saturated carbocycles. The maximum absolute atomic E-state index is 12.7. The Labute approximate surface area is 130 Å². The molecule has 1 aliphatic rings. The van der Waals surface area contributed by atoms with Crippen LogP contribution in [-0.4, -0.2) is 45.2 Å². The summed E-state index contributed by atoms with van der Waals surface area (Å²) in [4.78, 5) is 0.992. The van der Waals surface area contributed by atoms with Crippen LogP contribution in [0, 0.1) is 0 Å². The molecule has 1 fully saturated rings. The third kappa shape index (κ3) is 3.56. The van der Waals surface area contributed by atoms with E-state index in [1.165, 1.54) is 21.7 Å². The summed E-state index contributed by atoms with van der Waals surface area (Å²) in [7, 11) is -6.81. The van der Waals surface area contributed by atoms with Crippen molar-refractivity contribution >= 4 is 31.2 Å². The van der Waals surface area contributed by atoms with Crippen LogP contribution in [0.15, 0.2) is 29.0 Å². The van der Waals surface area contributed by atoms with Gasteiger partial charge in [-0.3, -0.25) is 0 Å². The Morgan fingerprint density at radius 3 is 2.67 bits per heavy atom. The van der Waals surface area contributed by atoms with E-state index in [4.69, 9.17) is 0 Å². The Kier molecular flexibility index (Phi) is 4.92. The number of sulfone groups is 1. The number of thiophene rings is 1. The van der Waals surface area contributed by atoms with Gasteiger partial charge in [-0.25, -0.2) is 16.8 Å². The molecular weight excluding hydrogens is 330 g/mol. The first-order valence-electron chi connectivity index (χ1n) is 6.72. The van der Waals surface area contributed by atoms with Crippen molar-refractivity contribution in [3.8, 4) is 0 Å². The highest BCUT2D eigenvalue weighted by atomic mass is 32.2. The van der Waals surface area contributed by atoms with Crippen molar-refractivity contribution in [1.29, 1.82) is 0 Å². The number of rotatable bonds is 6. The van der Waals surface area contributed by atoms with Crippen molar-refractivity contribution in [3.05, 3.63) is 29.7 Å². The van der Waals surface area contributed by atoms with Crippen molar-refractivity contribution in [2.75, 3.05) is 18.1 Å². The Balaban J connectivity index is 2.34. The second-order valence-corrected chi connectivity index (χ2v) is 10.5. The number of sulfonamides is 1. The lowest BCUT2D eigenvalue weighted by Crippen LogP contribution is -2.40. The molecule has 0 N–H and O–H groups in total. The van der Waals surface area contributed by atoms with Gasteiger partial charge in [0.15, 0.2) is 9.84 Å². The molecule has 0 radical (unpaired) electrons. The zero-order valence-electron chi connectivity index (χ0n) is 11.9. The maximum atomic E-state index is 12.7. The molecule has 1 aromatic heterocycles. The minimum Gasteiger partial charge on any atom is -0.229 e. The van der Waals surface area contributed by atoms with E-state index in [9.17, 15) is 16.8 Å². The minimum absolute atomic E-state index is 0.0471. The van der Waals surface area contributed by atoms with E-state index in [1.54, 1.807) is 12.1 Å². The number of aryl methyl sites for hydroxylation is 1. The molecule has 1 aliphatic heterocycles. The molecule has 0 amide bonds. The van der Waals surface area contributed by atoms with Crippen LogP contribution < -0.4 is 0 Å². The Bertz CT molecular complexity index is 718. The van der Waals surface area contributed by atoms with Gasteiger partial charge in [-0.15, -0.1) is 17.9 Å². The van der Waals surface area contributed by atoms with Crippen molar-refractivity contribution in [1.82, 2.24) is 4.31 Å². The predicted molar refractivity (Wildman–Crippen MR) is 84.8 cm³/mol. The van der Waals surface area contributed by atoms with E-state index in [2.05, 4.69) is 6.58 Å². The molecule has 2 rings (SSSR count). The van der Waals surface area contributed by atoms with Gasteiger partial charge in [-0.05, 0) is 25.0 Å². The molecule has 1 saturated heterocycles. The van der Waals surface area contributed by atoms with Crippen molar-refractivity contribution < 1.29 is 16.8 Å². The standard InChI is InChI=1S/C13H19NO4S3/c1-3-8-14(11-7-9-20(15,16)10-11)21(17,18)13-6-5-12(4-2)19-13/h3,5-6,11H,1,4,7-10H2,2H3/t11-/m1/s1. The van der Waals surface area contributed by atoms with E-state index in [1.807, 2.05) is 6.92 Å². The molecule has 118 valence electrons. The Hall–Kier alpha value is -0.700. The zero-order chi connectivity index (χ0) is 15.7. The largest absolute Gasteiger partial charge is 0.253 e. The number of nitrogens with zero attached hydrogens (tertiary/aromatic N) is 1. The molecule has 1 atom stereocenters. The van der Waals surface area contributed by atoms with Crippen LogP contribution in [0.5, 0.6) is 0 Å². The summed E-state index contributed by atoms with van der Waals surface area (Å²) in [6.07, 6.45) is 2.62. The molecule has 5 nitrogen and oxygen atoms in total. The van der Waals surface area contributed by atoms with Crippen molar-refractivity contribution in [2.24, 2.45) is 0 Å². The van der Waals surface area contributed by atoms with E-state index in [0.29, 0.717) is 6.42 Å². The fourth-order valence-electron chi connectivity index (χ4n) is 2.38. The van der Waals surface area contributed by atoms with E-state index in [-0.39, 0.29) is 22.3 Å². The second kappa shape index (κ2) is 6.20. The minimum atomic E-state index is -3.67. The summed E-state index contributed by atoms with van der Waals surface area (Å²) >= 11 is 1.24. The van der Waals surface area contributed by atoms with E-state index >= 15 is 0 Å². The summed E-state index contributed by atoms with van der Waals surface area (Å²) in [5, 5.41) is 0. The summed E-state index contributed by atoms with van der Waals surface area (Å²) < 4.78 is 50.3. The molecule has 8 heteroatoms. The lowest BCUT2D eigenvalue weighted by Gasteiger charge is -2.25. The Morgan fingerprint density at radius 2 is 2.19 bits per heavy atom. The molecule has 0 unspecified atom stereocenters. The lowest BCUT2D eigenvalue weighted by molar-refractivity contribution is 0.368. The van der Waals surface area contributed by atoms with Gasteiger partial charge in [-0.1, -0.05) is 13.0 Å². The third-order valence-corrected chi connectivity index (χ3v) is 8.84. The quantitative estimate of drug-likeness (QED) is 0.733. The smallest absolute Gasteiger partial charge is 0.229 e. The highest BCUT2D eigenvalue weighted by Gasteiger charge is 2.38. The average molecular weight is 349 g/mol. The van der Waals surface area contributed by atoms with Gasteiger partial charge >= 0.3 is 0 Å². The van der Waals surface area contributed by atoms with Crippen LogP contribution in [0.4, 0.5) is 0 Å². The van der Waals surface area contributed by atoms with Gasteiger partial charge in [0.05, 0.1) is 11.5 Å². The molecule has 0 aromatic carbocycles.